The fourth-order valence-electron chi connectivity index (χ4n) is 1.80. The lowest BCUT2D eigenvalue weighted by Gasteiger charge is -2.17. The molecular formula is C14H12F2O. The standard InChI is InChI=1S/C14H12F2O/c1-17-14(10-6-2-4-8-12(10)15)11-7-3-5-9-13(11)16/h2-9,14H,1H3. The molecule has 1 nitrogen and oxygen atoms in total. The van der Waals surface area contributed by atoms with Crippen LogP contribution in [0.3, 0.4) is 0 Å². The van der Waals surface area contributed by atoms with Crippen molar-refractivity contribution in [2.24, 2.45) is 0 Å². The Labute approximate surface area is 98.7 Å². The van der Waals surface area contributed by atoms with Gasteiger partial charge >= 0.3 is 0 Å². The summed E-state index contributed by atoms with van der Waals surface area (Å²) in [6, 6.07) is 12.4. The zero-order valence-electron chi connectivity index (χ0n) is 9.36. The van der Waals surface area contributed by atoms with Crippen molar-refractivity contribution in [3.05, 3.63) is 71.3 Å². The van der Waals surface area contributed by atoms with Crippen LogP contribution >= 0.6 is 0 Å². The zero-order valence-corrected chi connectivity index (χ0v) is 9.36. The van der Waals surface area contributed by atoms with Gasteiger partial charge in [0.15, 0.2) is 0 Å². The first-order valence-corrected chi connectivity index (χ1v) is 5.25. The molecule has 17 heavy (non-hydrogen) atoms. The number of rotatable bonds is 3. The maximum Gasteiger partial charge on any atom is 0.129 e. The molecule has 0 aliphatic carbocycles. The molecule has 0 N–H and O–H groups in total. The van der Waals surface area contributed by atoms with Crippen LogP contribution < -0.4 is 0 Å². The molecule has 0 aliphatic heterocycles. The molecule has 2 rings (SSSR count). The first-order chi connectivity index (χ1) is 8.24. The SMILES string of the molecule is COC(c1ccccc1F)c1ccccc1F. The van der Waals surface area contributed by atoms with Crippen LogP contribution in [0.5, 0.6) is 0 Å². The second-order valence-electron chi connectivity index (χ2n) is 3.66. The van der Waals surface area contributed by atoms with Gasteiger partial charge in [-0.15, -0.1) is 0 Å². The normalized spacial score (nSPS) is 10.8. The van der Waals surface area contributed by atoms with E-state index in [-0.39, 0.29) is 0 Å². The van der Waals surface area contributed by atoms with E-state index in [1.807, 2.05) is 0 Å². The molecule has 0 saturated heterocycles. The van der Waals surface area contributed by atoms with E-state index in [0.717, 1.165) is 0 Å². The van der Waals surface area contributed by atoms with E-state index in [0.29, 0.717) is 11.1 Å². The summed E-state index contributed by atoms with van der Waals surface area (Å²) >= 11 is 0. The largest absolute Gasteiger partial charge is 0.372 e. The van der Waals surface area contributed by atoms with Crippen LogP contribution in [0.2, 0.25) is 0 Å². The summed E-state index contributed by atoms with van der Waals surface area (Å²) in [6.07, 6.45) is -0.725. The molecule has 2 aromatic carbocycles. The topological polar surface area (TPSA) is 9.23 Å². The highest BCUT2D eigenvalue weighted by Crippen LogP contribution is 2.28. The minimum absolute atomic E-state index is 0.333. The van der Waals surface area contributed by atoms with Gasteiger partial charge in [-0.1, -0.05) is 36.4 Å². The minimum atomic E-state index is -0.725. The van der Waals surface area contributed by atoms with Gasteiger partial charge in [0, 0.05) is 18.2 Å². The summed E-state index contributed by atoms with van der Waals surface area (Å²) < 4.78 is 32.5. The zero-order chi connectivity index (χ0) is 12.3. The van der Waals surface area contributed by atoms with E-state index in [1.165, 1.54) is 19.2 Å². The van der Waals surface area contributed by atoms with E-state index >= 15 is 0 Å². The van der Waals surface area contributed by atoms with E-state index < -0.39 is 17.7 Å². The van der Waals surface area contributed by atoms with Gasteiger partial charge in [-0.2, -0.15) is 0 Å². The second kappa shape index (κ2) is 5.06. The molecule has 0 unspecified atom stereocenters. The van der Waals surface area contributed by atoms with Crippen molar-refractivity contribution in [2.75, 3.05) is 7.11 Å². The Morgan fingerprint density at radius 1 is 0.824 bits per heavy atom. The van der Waals surface area contributed by atoms with Crippen LogP contribution in [0.1, 0.15) is 17.2 Å². The number of hydrogen-bond donors (Lipinski definition) is 0. The molecule has 0 aromatic heterocycles. The molecule has 0 bridgehead atoms. The molecule has 0 amide bonds. The van der Waals surface area contributed by atoms with E-state index in [2.05, 4.69) is 0 Å². The molecule has 0 heterocycles. The van der Waals surface area contributed by atoms with Crippen molar-refractivity contribution in [1.82, 2.24) is 0 Å². The van der Waals surface area contributed by atoms with Gasteiger partial charge in [0.1, 0.15) is 17.7 Å². The Morgan fingerprint density at radius 3 is 1.59 bits per heavy atom. The summed E-state index contributed by atoms with van der Waals surface area (Å²) in [4.78, 5) is 0. The molecule has 3 heteroatoms. The van der Waals surface area contributed by atoms with Crippen LogP contribution in [0.25, 0.3) is 0 Å². The number of benzene rings is 2. The highest BCUT2D eigenvalue weighted by atomic mass is 19.1. The monoisotopic (exact) mass is 234 g/mol. The predicted molar refractivity (Wildman–Crippen MR) is 61.7 cm³/mol. The van der Waals surface area contributed by atoms with Gasteiger partial charge in [0.05, 0.1) is 0 Å². The first-order valence-electron chi connectivity index (χ1n) is 5.25. The van der Waals surface area contributed by atoms with Crippen molar-refractivity contribution >= 4 is 0 Å². The van der Waals surface area contributed by atoms with Gasteiger partial charge < -0.3 is 4.74 Å². The third-order valence-corrected chi connectivity index (χ3v) is 2.61. The number of hydrogen-bond acceptors (Lipinski definition) is 1. The fourth-order valence-corrected chi connectivity index (χ4v) is 1.80. The van der Waals surface area contributed by atoms with Crippen LogP contribution in [-0.4, -0.2) is 7.11 Å². The smallest absolute Gasteiger partial charge is 0.129 e. The maximum absolute atomic E-state index is 13.6. The lowest BCUT2D eigenvalue weighted by Crippen LogP contribution is -2.07. The molecule has 0 atom stereocenters. The summed E-state index contributed by atoms with van der Waals surface area (Å²) in [6.45, 7) is 0. The van der Waals surface area contributed by atoms with Gasteiger partial charge in [0.2, 0.25) is 0 Å². The number of ether oxygens (including phenoxy) is 1. The van der Waals surface area contributed by atoms with Crippen LogP contribution in [0.15, 0.2) is 48.5 Å². The van der Waals surface area contributed by atoms with Crippen molar-refractivity contribution in [3.8, 4) is 0 Å². The maximum atomic E-state index is 13.6. The molecule has 0 radical (unpaired) electrons. The van der Waals surface area contributed by atoms with E-state index in [4.69, 9.17) is 4.74 Å². The van der Waals surface area contributed by atoms with Gasteiger partial charge in [-0.25, -0.2) is 8.78 Å². The Balaban J connectivity index is 2.48. The predicted octanol–water partition coefficient (Wildman–Crippen LogP) is 3.70. The van der Waals surface area contributed by atoms with Crippen molar-refractivity contribution in [3.63, 3.8) is 0 Å². The Hall–Kier alpha value is -1.74. The average Bonchev–Trinajstić information content (AvgIpc) is 2.34. The van der Waals surface area contributed by atoms with E-state index in [9.17, 15) is 8.78 Å². The Kier molecular flexibility index (Phi) is 3.49. The summed E-state index contributed by atoms with van der Waals surface area (Å²) in [5.74, 6) is -0.801. The molecule has 0 aliphatic rings. The first kappa shape index (κ1) is 11.7. The van der Waals surface area contributed by atoms with Crippen LogP contribution in [0, 0.1) is 11.6 Å². The second-order valence-corrected chi connectivity index (χ2v) is 3.66. The van der Waals surface area contributed by atoms with Crippen LogP contribution in [0.4, 0.5) is 8.78 Å². The fraction of sp³-hybridized carbons (Fsp3) is 0.143. The van der Waals surface area contributed by atoms with Gasteiger partial charge in [0.25, 0.3) is 0 Å². The van der Waals surface area contributed by atoms with Gasteiger partial charge in [-0.05, 0) is 12.1 Å². The lowest BCUT2D eigenvalue weighted by molar-refractivity contribution is 0.130. The van der Waals surface area contributed by atoms with E-state index in [1.54, 1.807) is 36.4 Å². The molecule has 88 valence electrons. The molecule has 0 spiro atoms. The Bertz CT molecular complexity index is 466. The minimum Gasteiger partial charge on any atom is -0.372 e. The summed E-state index contributed by atoms with van der Waals surface area (Å²) in [5, 5.41) is 0. The van der Waals surface area contributed by atoms with Crippen molar-refractivity contribution in [2.45, 2.75) is 6.10 Å². The molecular weight excluding hydrogens is 222 g/mol. The average molecular weight is 234 g/mol. The molecule has 0 fully saturated rings. The summed E-state index contributed by atoms with van der Waals surface area (Å²) in [5.41, 5.74) is 0.667. The molecule has 0 saturated carbocycles. The highest BCUT2D eigenvalue weighted by Gasteiger charge is 2.19. The molecule has 2 aromatic rings. The quantitative estimate of drug-likeness (QED) is 0.786. The summed E-state index contributed by atoms with van der Waals surface area (Å²) in [7, 11) is 1.43. The third kappa shape index (κ3) is 2.34. The number of halogens is 2. The van der Waals surface area contributed by atoms with Crippen LogP contribution in [-0.2, 0) is 4.74 Å². The number of methoxy groups -OCH3 is 1. The van der Waals surface area contributed by atoms with Crippen molar-refractivity contribution < 1.29 is 13.5 Å². The third-order valence-electron chi connectivity index (χ3n) is 2.61. The Morgan fingerprint density at radius 2 is 1.24 bits per heavy atom. The lowest BCUT2D eigenvalue weighted by atomic mass is 10.0. The van der Waals surface area contributed by atoms with Gasteiger partial charge in [-0.3, -0.25) is 0 Å². The highest BCUT2D eigenvalue weighted by molar-refractivity contribution is 5.31. The van der Waals surface area contributed by atoms with Crippen molar-refractivity contribution in [1.29, 1.82) is 0 Å².